The van der Waals surface area contributed by atoms with Crippen LogP contribution in [0.3, 0.4) is 0 Å². The van der Waals surface area contributed by atoms with Gasteiger partial charge in [0.25, 0.3) is 5.91 Å². The number of aromatic nitrogens is 3. The Morgan fingerprint density at radius 3 is 2.55 bits per heavy atom. The molecule has 7 heteroatoms. The maximum absolute atomic E-state index is 12.3. The molecule has 1 amide bonds. The first kappa shape index (κ1) is 17.6. The number of nitrogens with one attached hydrogen (secondary N) is 3. The molecule has 3 heterocycles. The average Bonchev–Trinajstić information content (AvgIpc) is 3.51. The van der Waals surface area contributed by atoms with Crippen LogP contribution in [0.4, 0.5) is 17.2 Å². The van der Waals surface area contributed by atoms with Crippen LogP contribution in [0.2, 0.25) is 0 Å². The van der Waals surface area contributed by atoms with Crippen LogP contribution in [0.15, 0.2) is 36.8 Å². The van der Waals surface area contributed by atoms with Gasteiger partial charge in [0.2, 0.25) is 0 Å². The molecule has 1 saturated carbocycles. The summed E-state index contributed by atoms with van der Waals surface area (Å²) < 4.78 is 0. The molecule has 0 atom stereocenters. The third-order valence-corrected chi connectivity index (χ3v) is 5.52. The quantitative estimate of drug-likeness (QED) is 0.618. The molecule has 2 aliphatic rings. The average molecular weight is 386 g/mol. The van der Waals surface area contributed by atoms with E-state index >= 15 is 0 Å². The van der Waals surface area contributed by atoms with Gasteiger partial charge in [0.05, 0.1) is 23.6 Å². The van der Waals surface area contributed by atoms with Crippen molar-refractivity contribution in [3.8, 4) is 11.1 Å². The number of amides is 1. The topological polar surface area (TPSA) is 91.8 Å². The molecule has 0 bridgehead atoms. The van der Waals surface area contributed by atoms with Crippen LogP contribution in [-0.4, -0.2) is 27.9 Å². The summed E-state index contributed by atoms with van der Waals surface area (Å²) in [5, 5.41) is 9.30. The van der Waals surface area contributed by atoms with Crippen LogP contribution in [0, 0.1) is 6.92 Å². The van der Waals surface area contributed by atoms with Crippen LogP contribution >= 0.6 is 0 Å². The van der Waals surface area contributed by atoms with E-state index in [4.69, 9.17) is 0 Å². The predicted octanol–water partition coefficient (Wildman–Crippen LogP) is 3.75. The van der Waals surface area contributed by atoms with E-state index in [1.165, 1.54) is 12.8 Å². The number of anilines is 3. The molecule has 1 aromatic carbocycles. The number of fused-ring (bicyclic) bond motifs is 1. The highest BCUT2D eigenvalue weighted by Crippen LogP contribution is 2.38. The van der Waals surface area contributed by atoms with Gasteiger partial charge in [-0.3, -0.25) is 4.79 Å². The predicted molar refractivity (Wildman–Crippen MR) is 112 cm³/mol. The molecule has 1 fully saturated rings. The Morgan fingerprint density at radius 1 is 1.07 bits per heavy atom. The van der Waals surface area contributed by atoms with Crippen LogP contribution in [0.5, 0.6) is 0 Å². The van der Waals surface area contributed by atoms with Crippen LogP contribution in [0.1, 0.15) is 46.1 Å². The van der Waals surface area contributed by atoms with E-state index in [1.807, 2.05) is 43.8 Å². The van der Waals surface area contributed by atoms with E-state index < -0.39 is 0 Å². The Kier molecular flexibility index (Phi) is 4.16. The second-order valence-corrected chi connectivity index (χ2v) is 7.56. The number of carbonyl (C=O) groups is 1. The van der Waals surface area contributed by atoms with E-state index in [-0.39, 0.29) is 5.91 Å². The van der Waals surface area contributed by atoms with Gasteiger partial charge < -0.3 is 16.0 Å². The molecule has 0 radical (unpaired) electrons. The second kappa shape index (κ2) is 6.84. The highest BCUT2D eigenvalue weighted by atomic mass is 16.1. The Bertz CT molecular complexity index is 1110. The second-order valence-electron chi connectivity index (χ2n) is 7.56. The van der Waals surface area contributed by atoms with Gasteiger partial charge in [-0.05, 0) is 48.6 Å². The highest BCUT2D eigenvalue weighted by molar-refractivity contribution is 6.05. The van der Waals surface area contributed by atoms with Crippen LogP contribution < -0.4 is 16.0 Å². The van der Waals surface area contributed by atoms with Crippen molar-refractivity contribution < 1.29 is 4.79 Å². The molecular weight excluding hydrogens is 364 g/mol. The van der Waals surface area contributed by atoms with E-state index in [2.05, 4.69) is 37.8 Å². The smallest absolute Gasteiger partial charge is 0.254 e. The molecule has 0 spiro atoms. The Balaban J connectivity index is 1.44. The molecule has 5 rings (SSSR count). The van der Waals surface area contributed by atoms with Gasteiger partial charge in [0, 0.05) is 37.0 Å². The number of rotatable bonds is 5. The third-order valence-electron chi connectivity index (χ3n) is 5.52. The van der Waals surface area contributed by atoms with Gasteiger partial charge in [-0.15, -0.1) is 0 Å². The van der Waals surface area contributed by atoms with Gasteiger partial charge in [-0.25, -0.2) is 15.0 Å². The van der Waals surface area contributed by atoms with Crippen molar-refractivity contribution in [1.82, 2.24) is 20.3 Å². The summed E-state index contributed by atoms with van der Waals surface area (Å²) in [4.78, 5) is 25.7. The zero-order valence-corrected chi connectivity index (χ0v) is 16.4. The van der Waals surface area contributed by atoms with Gasteiger partial charge in [-0.1, -0.05) is 6.07 Å². The standard InChI is InChI=1S/C22H22N6O/c1-12-7-19(28-14-8-25-21(26-9-14)13-3-4-13)24-10-16(12)15-5-6-18(23-2)20-17(15)11-27-22(20)29/h5-10,13,23H,3-4,11H2,1-2H3,(H,24,28)(H,27,29). The molecule has 3 aromatic rings. The summed E-state index contributed by atoms with van der Waals surface area (Å²) in [5.41, 5.74) is 6.53. The summed E-state index contributed by atoms with van der Waals surface area (Å²) in [5.74, 6) is 2.18. The summed E-state index contributed by atoms with van der Waals surface area (Å²) in [7, 11) is 1.83. The zero-order valence-electron chi connectivity index (χ0n) is 16.4. The first-order valence-corrected chi connectivity index (χ1v) is 9.82. The number of hydrogen-bond acceptors (Lipinski definition) is 6. The largest absolute Gasteiger partial charge is 0.387 e. The minimum absolute atomic E-state index is 0.0373. The lowest BCUT2D eigenvalue weighted by Crippen LogP contribution is -2.13. The van der Waals surface area contributed by atoms with Crippen molar-refractivity contribution in [3.63, 3.8) is 0 Å². The zero-order chi connectivity index (χ0) is 20.0. The third kappa shape index (κ3) is 3.18. The van der Waals surface area contributed by atoms with Crippen molar-refractivity contribution in [3.05, 3.63) is 59.3 Å². The van der Waals surface area contributed by atoms with Gasteiger partial charge >= 0.3 is 0 Å². The molecule has 1 aliphatic carbocycles. The maximum atomic E-state index is 12.3. The number of hydrogen-bond donors (Lipinski definition) is 3. The van der Waals surface area contributed by atoms with Crippen molar-refractivity contribution in [2.75, 3.05) is 17.7 Å². The Labute approximate surface area is 169 Å². The minimum Gasteiger partial charge on any atom is -0.387 e. The fourth-order valence-electron chi connectivity index (χ4n) is 3.82. The van der Waals surface area contributed by atoms with Crippen molar-refractivity contribution in [2.24, 2.45) is 0 Å². The number of aryl methyl sites for hydroxylation is 1. The van der Waals surface area contributed by atoms with E-state index in [9.17, 15) is 4.79 Å². The Morgan fingerprint density at radius 2 is 1.86 bits per heavy atom. The maximum Gasteiger partial charge on any atom is 0.254 e. The van der Waals surface area contributed by atoms with Crippen molar-refractivity contribution >= 4 is 23.1 Å². The Hall–Kier alpha value is -3.48. The lowest BCUT2D eigenvalue weighted by molar-refractivity contribution is 0.0966. The van der Waals surface area contributed by atoms with E-state index in [0.717, 1.165) is 50.8 Å². The van der Waals surface area contributed by atoms with Gasteiger partial charge in [-0.2, -0.15) is 0 Å². The lowest BCUT2D eigenvalue weighted by Gasteiger charge is -2.14. The summed E-state index contributed by atoms with van der Waals surface area (Å²) in [6.45, 7) is 2.58. The monoisotopic (exact) mass is 386 g/mol. The van der Waals surface area contributed by atoms with E-state index in [1.54, 1.807) is 0 Å². The number of benzene rings is 1. The molecule has 146 valence electrons. The minimum atomic E-state index is -0.0373. The van der Waals surface area contributed by atoms with Crippen LogP contribution in [-0.2, 0) is 6.54 Å². The highest BCUT2D eigenvalue weighted by Gasteiger charge is 2.27. The number of carbonyl (C=O) groups excluding carboxylic acids is 1. The van der Waals surface area contributed by atoms with E-state index in [0.29, 0.717) is 12.5 Å². The van der Waals surface area contributed by atoms with Gasteiger partial charge in [0.1, 0.15) is 11.6 Å². The summed E-state index contributed by atoms with van der Waals surface area (Å²) in [6, 6.07) is 6.00. The lowest BCUT2D eigenvalue weighted by atomic mass is 9.94. The number of pyridine rings is 1. The molecule has 1 aliphatic heterocycles. The fourth-order valence-corrected chi connectivity index (χ4v) is 3.82. The molecule has 0 saturated heterocycles. The molecule has 7 nitrogen and oxygen atoms in total. The van der Waals surface area contributed by atoms with Crippen LogP contribution in [0.25, 0.3) is 11.1 Å². The molecule has 29 heavy (non-hydrogen) atoms. The first-order valence-electron chi connectivity index (χ1n) is 9.82. The molecular formula is C22H22N6O. The first-order chi connectivity index (χ1) is 14.1. The fraction of sp³-hybridized carbons (Fsp3) is 0.273. The summed E-state index contributed by atoms with van der Waals surface area (Å²) in [6.07, 6.45) is 7.86. The normalized spacial score (nSPS) is 15.0. The summed E-state index contributed by atoms with van der Waals surface area (Å²) >= 11 is 0. The van der Waals surface area contributed by atoms with Gasteiger partial charge in [0.15, 0.2) is 0 Å². The van der Waals surface area contributed by atoms with Crippen molar-refractivity contribution in [2.45, 2.75) is 32.2 Å². The molecule has 2 aromatic heterocycles. The van der Waals surface area contributed by atoms with Crippen molar-refractivity contribution in [1.29, 1.82) is 0 Å². The molecule has 3 N–H and O–H groups in total. The SMILES string of the molecule is CNc1ccc(-c2cnc(Nc3cnc(C4CC4)nc3)cc2C)c2c1C(=O)NC2. The molecule has 0 unspecified atom stereocenters. The number of nitrogens with zero attached hydrogens (tertiary/aromatic N) is 3.